The second-order valence-electron chi connectivity index (χ2n) is 6.52. The van der Waals surface area contributed by atoms with Gasteiger partial charge < -0.3 is 11.1 Å². The molecule has 0 atom stereocenters. The molecule has 0 saturated heterocycles. The van der Waals surface area contributed by atoms with Crippen LogP contribution in [0.1, 0.15) is 17.3 Å². The van der Waals surface area contributed by atoms with Gasteiger partial charge in [0.2, 0.25) is 15.7 Å². The van der Waals surface area contributed by atoms with E-state index in [9.17, 15) is 22.4 Å². The fourth-order valence-electron chi connectivity index (χ4n) is 2.80. The van der Waals surface area contributed by atoms with Crippen LogP contribution in [0.3, 0.4) is 0 Å². The van der Waals surface area contributed by atoms with E-state index >= 15 is 0 Å². The Morgan fingerprint density at radius 3 is 2.29 bits per heavy atom. The van der Waals surface area contributed by atoms with Gasteiger partial charge in [-0.1, -0.05) is 0 Å². The number of nitrogens with zero attached hydrogens (tertiary/aromatic N) is 2. The van der Waals surface area contributed by atoms with Crippen LogP contribution >= 0.6 is 11.8 Å². The number of Topliss-reactive ketones (excluding diaryl/α,β-unsaturated/α-hetero) is 1. The van der Waals surface area contributed by atoms with E-state index in [1.807, 2.05) is 0 Å². The van der Waals surface area contributed by atoms with Gasteiger partial charge in [0.05, 0.1) is 4.90 Å². The molecule has 0 fully saturated rings. The van der Waals surface area contributed by atoms with E-state index in [4.69, 9.17) is 5.73 Å². The molecule has 3 aromatic rings. The van der Waals surface area contributed by atoms with Crippen LogP contribution in [-0.2, 0) is 21.2 Å². The minimum Gasteiger partial charge on any atom is -0.383 e. The molecular weight excluding hydrogens is 443 g/mol. The molecule has 0 unspecified atom stereocenters. The maximum Gasteiger partial charge on any atom is 0.246 e. The zero-order valence-electron chi connectivity index (χ0n) is 16.6. The van der Waals surface area contributed by atoms with Gasteiger partial charge in [0.1, 0.15) is 28.1 Å². The number of hydrogen-bond acceptors (Lipinski definition) is 7. The highest BCUT2D eigenvalue weighted by atomic mass is 32.2. The smallest absolute Gasteiger partial charge is 0.246 e. The Balaban J connectivity index is 1.86. The summed E-state index contributed by atoms with van der Waals surface area (Å²) in [5.41, 5.74) is 7.02. The second-order valence-corrected chi connectivity index (χ2v) is 9.20. The Kier molecular flexibility index (Phi) is 6.46. The van der Waals surface area contributed by atoms with Crippen LogP contribution in [0.4, 0.5) is 15.9 Å². The van der Waals surface area contributed by atoms with E-state index in [1.165, 1.54) is 6.92 Å². The molecule has 0 radical (unpaired) electrons. The molecule has 1 aromatic heterocycles. The first-order valence-electron chi connectivity index (χ1n) is 8.95. The van der Waals surface area contributed by atoms with Gasteiger partial charge in [0.25, 0.3) is 0 Å². The molecule has 3 rings (SSSR count). The van der Waals surface area contributed by atoms with E-state index in [-0.39, 0.29) is 33.0 Å². The summed E-state index contributed by atoms with van der Waals surface area (Å²) in [5, 5.41) is 6.92. The number of carbonyl (C=O) groups excluding carboxylic acids is 2. The van der Waals surface area contributed by atoms with Gasteiger partial charge in [0, 0.05) is 11.3 Å². The van der Waals surface area contributed by atoms with Crippen molar-refractivity contribution in [1.29, 1.82) is 0 Å². The number of thioether (sulfide) groups is 1. The Morgan fingerprint density at radius 1 is 1.13 bits per heavy atom. The van der Waals surface area contributed by atoms with Crippen molar-refractivity contribution < 1.29 is 22.4 Å². The summed E-state index contributed by atoms with van der Waals surface area (Å²) >= 11 is 1.06. The molecule has 8 nitrogen and oxygen atoms in total. The van der Waals surface area contributed by atoms with E-state index in [1.54, 1.807) is 30.5 Å². The number of anilines is 2. The summed E-state index contributed by atoms with van der Waals surface area (Å²) < 4.78 is 40.3. The van der Waals surface area contributed by atoms with Gasteiger partial charge in [-0.05, 0) is 61.7 Å². The summed E-state index contributed by atoms with van der Waals surface area (Å²) in [6.07, 6.45) is 1.63. The van der Waals surface area contributed by atoms with Gasteiger partial charge >= 0.3 is 0 Å². The first-order valence-corrected chi connectivity index (χ1v) is 11.7. The third-order valence-corrected chi connectivity index (χ3v) is 7.01. The van der Waals surface area contributed by atoms with Crippen LogP contribution in [0.15, 0.2) is 63.3 Å². The fourth-order valence-corrected chi connectivity index (χ4v) is 5.23. The summed E-state index contributed by atoms with van der Waals surface area (Å²) in [6.45, 7) is 1.11. The lowest BCUT2D eigenvalue weighted by Gasteiger charge is -2.08. The highest BCUT2D eigenvalue weighted by Gasteiger charge is 2.29. The van der Waals surface area contributed by atoms with Gasteiger partial charge in [0.15, 0.2) is 5.78 Å². The molecule has 0 spiro atoms. The molecule has 2 aromatic carbocycles. The summed E-state index contributed by atoms with van der Waals surface area (Å²) in [6, 6.07) is 10.7. The van der Waals surface area contributed by atoms with Crippen LogP contribution in [0.25, 0.3) is 0 Å². The minimum absolute atomic E-state index is 0.0957. The first kappa shape index (κ1) is 22.5. The normalized spacial score (nSPS) is 11.3. The van der Waals surface area contributed by atoms with Crippen molar-refractivity contribution in [2.45, 2.75) is 28.3 Å². The molecule has 0 saturated carbocycles. The largest absolute Gasteiger partial charge is 0.383 e. The van der Waals surface area contributed by atoms with E-state index in [0.29, 0.717) is 11.3 Å². The number of nitrogens with two attached hydrogens (primary N) is 1. The molecule has 11 heteroatoms. The zero-order valence-corrected chi connectivity index (χ0v) is 18.3. The van der Waals surface area contributed by atoms with E-state index in [0.717, 1.165) is 40.7 Å². The van der Waals surface area contributed by atoms with Crippen molar-refractivity contribution in [1.82, 2.24) is 9.78 Å². The monoisotopic (exact) mass is 462 g/mol. The maximum atomic E-state index is 13.2. The topological polar surface area (TPSA) is 124 Å². The Bertz CT molecular complexity index is 1240. The molecule has 31 heavy (non-hydrogen) atoms. The molecule has 1 heterocycles. The standard InChI is InChI=1S/C20H19FN4O4S2/c1-12(26)13-3-7-15(8-4-13)23-17(27)11-25-19(22)18(20(24-25)30-2)31(28,29)16-9-5-14(21)6-10-16/h3-10H,11,22H2,1-2H3,(H,23,27). The van der Waals surface area contributed by atoms with Crippen molar-refractivity contribution >= 4 is 44.8 Å². The number of hydrogen-bond donors (Lipinski definition) is 2. The summed E-state index contributed by atoms with van der Waals surface area (Å²) in [7, 11) is -4.08. The lowest BCUT2D eigenvalue weighted by molar-refractivity contribution is -0.116. The molecule has 0 aliphatic heterocycles. The lowest BCUT2D eigenvalue weighted by Crippen LogP contribution is -2.21. The van der Waals surface area contributed by atoms with E-state index < -0.39 is 21.6 Å². The molecule has 3 N–H and O–H groups in total. The van der Waals surface area contributed by atoms with Gasteiger partial charge in [-0.25, -0.2) is 17.5 Å². The van der Waals surface area contributed by atoms with Gasteiger partial charge in [-0.2, -0.15) is 5.10 Å². The number of carbonyl (C=O) groups is 2. The number of amides is 1. The third-order valence-electron chi connectivity index (χ3n) is 4.37. The van der Waals surface area contributed by atoms with Crippen molar-refractivity contribution in [2.75, 3.05) is 17.3 Å². The summed E-state index contributed by atoms with van der Waals surface area (Å²) in [4.78, 5) is 23.4. The number of rotatable bonds is 7. The van der Waals surface area contributed by atoms with Crippen LogP contribution in [-0.4, -0.2) is 36.1 Å². The summed E-state index contributed by atoms with van der Waals surface area (Å²) in [5.74, 6) is -1.35. The maximum absolute atomic E-state index is 13.2. The number of ketones is 1. The SMILES string of the molecule is CSc1nn(CC(=O)Nc2ccc(C(C)=O)cc2)c(N)c1S(=O)(=O)c1ccc(F)cc1. The first-order chi connectivity index (χ1) is 14.6. The third kappa shape index (κ3) is 4.78. The number of nitrogens with one attached hydrogen (secondary N) is 1. The van der Waals surface area contributed by atoms with Crippen molar-refractivity contribution in [3.8, 4) is 0 Å². The molecule has 0 aliphatic carbocycles. The second kappa shape index (κ2) is 8.90. The quantitative estimate of drug-likeness (QED) is 0.314. The van der Waals surface area contributed by atoms with Crippen LogP contribution < -0.4 is 11.1 Å². The average molecular weight is 463 g/mol. The van der Waals surface area contributed by atoms with Crippen molar-refractivity contribution in [3.63, 3.8) is 0 Å². The van der Waals surface area contributed by atoms with Crippen molar-refractivity contribution in [2.24, 2.45) is 0 Å². The number of nitrogen functional groups attached to an aromatic ring is 1. The lowest BCUT2D eigenvalue weighted by atomic mass is 10.1. The Hall–Kier alpha value is -3.18. The fraction of sp³-hybridized carbons (Fsp3) is 0.150. The predicted octanol–water partition coefficient (Wildman–Crippen LogP) is 3.00. The highest BCUT2D eigenvalue weighted by molar-refractivity contribution is 7.99. The number of aromatic nitrogens is 2. The van der Waals surface area contributed by atoms with Crippen molar-refractivity contribution in [3.05, 3.63) is 59.9 Å². The van der Waals surface area contributed by atoms with Gasteiger partial charge in [-0.3, -0.25) is 9.59 Å². The highest BCUT2D eigenvalue weighted by Crippen LogP contribution is 2.34. The molecule has 1 amide bonds. The average Bonchev–Trinajstić information content (AvgIpc) is 3.04. The predicted molar refractivity (Wildman–Crippen MR) is 115 cm³/mol. The van der Waals surface area contributed by atoms with Crippen LogP contribution in [0.5, 0.6) is 0 Å². The van der Waals surface area contributed by atoms with Crippen LogP contribution in [0, 0.1) is 5.82 Å². The van der Waals surface area contributed by atoms with Gasteiger partial charge in [-0.15, -0.1) is 11.8 Å². The zero-order chi connectivity index (χ0) is 22.8. The Morgan fingerprint density at radius 2 is 1.74 bits per heavy atom. The number of benzene rings is 2. The Labute approximate surface area is 182 Å². The molecular formula is C20H19FN4O4S2. The molecule has 0 aliphatic rings. The number of sulfone groups is 1. The van der Waals surface area contributed by atoms with Crippen LogP contribution in [0.2, 0.25) is 0 Å². The van der Waals surface area contributed by atoms with E-state index in [2.05, 4.69) is 10.4 Å². The molecule has 0 bridgehead atoms. The minimum atomic E-state index is -4.08. The molecule has 162 valence electrons. The number of halogens is 1.